The van der Waals surface area contributed by atoms with E-state index in [1.54, 1.807) is 0 Å². The molecule has 0 saturated heterocycles. The van der Waals surface area contributed by atoms with E-state index in [1.165, 1.54) is 0 Å². The number of carbonyl (C=O) groups excluding carboxylic acids is 2. The van der Waals surface area contributed by atoms with Gasteiger partial charge < -0.3 is 19.7 Å². The molecule has 0 unspecified atom stereocenters. The van der Waals surface area contributed by atoms with E-state index in [0.29, 0.717) is 0 Å². The van der Waals surface area contributed by atoms with Crippen molar-refractivity contribution in [3.05, 3.63) is 29.3 Å². The van der Waals surface area contributed by atoms with Crippen molar-refractivity contribution in [2.45, 2.75) is 4.90 Å². The molecule has 0 aromatic heterocycles. The summed E-state index contributed by atoms with van der Waals surface area (Å²) >= 11 is 0. The number of carbonyl (C=O) groups is 2. The van der Waals surface area contributed by atoms with Crippen LogP contribution in [0.1, 0.15) is 20.7 Å². The molecule has 123 valence electrons. The van der Waals surface area contributed by atoms with E-state index in [1.807, 2.05) is 0 Å². The van der Waals surface area contributed by atoms with Gasteiger partial charge in [-0.1, -0.05) is 0 Å². The Morgan fingerprint density at radius 2 is 1.30 bits per heavy atom. The first kappa shape index (κ1) is 21.6. The molecule has 0 aliphatic carbocycles. The predicted octanol–water partition coefficient (Wildman–Crippen LogP) is -1.15. The second kappa shape index (κ2) is 9.67. The Labute approximate surface area is 144 Å². The second-order valence-corrected chi connectivity index (χ2v) is 5.36. The Kier molecular flexibility index (Phi) is 9.07. The molecule has 11 heteroatoms. The van der Waals surface area contributed by atoms with Crippen LogP contribution in [0.3, 0.4) is 0 Å². The first-order valence-corrected chi connectivity index (χ1v) is 7.42. The van der Waals surface area contributed by atoms with Gasteiger partial charge in [-0.25, -0.2) is 9.59 Å². The first-order chi connectivity index (χ1) is 10.3. The zero-order valence-electron chi connectivity index (χ0n) is 12.3. The summed E-state index contributed by atoms with van der Waals surface area (Å²) in [6.07, 6.45) is 0. The molecule has 0 amide bonds. The molecule has 3 N–H and O–H groups in total. The van der Waals surface area contributed by atoms with Gasteiger partial charge in [0.05, 0.1) is 29.2 Å². The Balaban J connectivity index is 0.00000484. The summed E-state index contributed by atoms with van der Waals surface area (Å²) in [5.41, 5.74) is -0.640. The fourth-order valence-electron chi connectivity index (χ4n) is 1.43. The van der Waals surface area contributed by atoms with Crippen LogP contribution in [0.15, 0.2) is 23.1 Å². The van der Waals surface area contributed by atoms with Gasteiger partial charge in [-0.3, -0.25) is 4.55 Å². The third kappa shape index (κ3) is 6.70. The van der Waals surface area contributed by atoms with E-state index in [9.17, 15) is 18.0 Å². The van der Waals surface area contributed by atoms with Crippen molar-refractivity contribution in [2.75, 3.05) is 26.4 Å². The maximum Gasteiger partial charge on any atom is 0.338 e. The van der Waals surface area contributed by atoms with Crippen LogP contribution in [0.5, 0.6) is 0 Å². The van der Waals surface area contributed by atoms with Gasteiger partial charge in [0.25, 0.3) is 10.1 Å². The van der Waals surface area contributed by atoms with Gasteiger partial charge in [0.1, 0.15) is 13.2 Å². The molecule has 0 fully saturated rings. The monoisotopic (exact) mass is 341 g/mol. The van der Waals surface area contributed by atoms with Gasteiger partial charge in [0.15, 0.2) is 0 Å². The van der Waals surface area contributed by atoms with Crippen molar-refractivity contribution in [3.63, 3.8) is 0 Å². The fraction of sp³-hybridized carbons (Fsp3) is 0.333. The quantitative estimate of drug-likeness (QED) is 0.317. The number of hydrogen-bond donors (Lipinski definition) is 3. The Morgan fingerprint density at radius 1 is 0.913 bits per heavy atom. The van der Waals surface area contributed by atoms with Gasteiger partial charge in [-0.05, 0) is 18.2 Å². The number of hydrogen-bond acceptors (Lipinski definition) is 8. The molecule has 1 radical (unpaired) electrons. The maximum atomic E-state index is 11.7. The van der Waals surface area contributed by atoms with Crippen LogP contribution < -0.4 is 0 Å². The van der Waals surface area contributed by atoms with Crippen molar-refractivity contribution in [3.8, 4) is 0 Å². The normalized spacial score (nSPS) is 10.6. The molecule has 0 aliphatic rings. The topological polar surface area (TPSA) is 147 Å². The molecule has 23 heavy (non-hydrogen) atoms. The number of aliphatic hydroxyl groups is 2. The molecule has 0 saturated carbocycles. The molecular formula is C12H14LiO9S. The molecule has 1 rings (SSSR count). The van der Waals surface area contributed by atoms with Crippen molar-refractivity contribution in [1.29, 1.82) is 0 Å². The number of esters is 2. The largest absolute Gasteiger partial charge is 0.460 e. The summed E-state index contributed by atoms with van der Waals surface area (Å²) in [5, 5.41) is 17.1. The van der Waals surface area contributed by atoms with Gasteiger partial charge in [0.2, 0.25) is 0 Å². The van der Waals surface area contributed by atoms with E-state index < -0.39 is 40.2 Å². The molecule has 1 aromatic carbocycles. The maximum absolute atomic E-state index is 11.7. The van der Waals surface area contributed by atoms with Gasteiger partial charge >= 0.3 is 11.9 Å². The summed E-state index contributed by atoms with van der Waals surface area (Å²) in [5.74, 6) is -1.98. The molecule has 0 atom stereocenters. The number of ether oxygens (including phenoxy) is 2. The van der Waals surface area contributed by atoms with Crippen LogP contribution in [0.4, 0.5) is 0 Å². The third-order valence-electron chi connectivity index (χ3n) is 2.32. The molecule has 0 spiro atoms. The molecule has 1 aromatic rings. The van der Waals surface area contributed by atoms with E-state index in [0.717, 1.165) is 18.2 Å². The van der Waals surface area contributed by atoms with Crippen LogP contribution in [0, 0.1) is 0 Å². The Bertz CT molecular complexity index is 618. The van der Waals surface area contributed by atoms with Crippen LogP contribution in [0.25, 0.3) is 0 Å². The van der Waals surface area contributed by atoms with Crippen molar-refractivity contribution in [1.82, 2.24) is 0 Å². The SMILES string of the molecule is O=C(OCCO)c1cc(C(=O)OCCO)cc(S(=O)(=O)O)c1.[Li]. The molecule has 0 aliphatic heterocycles. The van der Waals surface area contributed by atoms with E-state index in [4.69, 9.17) is 14.8 Å². The molecular weight excluding hydrogens is 327 g/mol. The molecule has 0 heterocycles. The summed E-state index contributed by atoms with van der Waals surface area (Å²) in [4.78, 5) is 22.6. The van der Waals surface area contributed by atoms with Crippen LogP contribution in [-0.2, 0) is 19.6 Å². The fourth-order valence-corrected chi connectivity index (χ4v) is 1.98. The van der Waals surface area contributed by atoms with Gasteiger partial charge in [-0.2, -0.15) is 8.42 Å². The number of benzene rings is 1. The summed E-state index contributed by atoms with van der Waals surface area (Å²) in [6.45, 7) is -1.51. The van der Waals surface area contributed by atoms with Crippen LogP contribution >= 0.6 is 0 Å². The van der Waals surface area contributed by atoms with Crippen molar-refractivity contribution >= 4 is 40.9 Å². The van der Waals surface area contributed by atoms with E-state index in [-0.39, 0.29) is 43.2 Å². The first-order valence-electron chi connectivity index (χ1n) is 5.98. The number of rotatable bonds is 7. The Hall–Kier alpha value is -1.41. The molecule has 0 bridgehead atoms. The predicted molar refractivity (Wildman–Crippen MR) is 76.7 cm³/mol. The minimum Gasteiger partial charge on any atom is -0.460 e. The smallest absolute Gasteiger partial charge is 0.338 e. The van der Waals surface area contributed by atoms with Crippen LogP contribution in [-0.4, -0.2) is 80.4 Å². The summed E-state index contributed by atoms with van der Waals surface area (Å²) in [7, 11) is -4.67. The average Bonchev–Trinajstić information content (AvgIpc) is 2.48. The minimum absolute atomic E-state index is 0. The van der Waals surface area contributed by atoms with E-state index in [2.05, 4.69) is 9.47 Å². The molecule has 9 nitrogen and oxygen atoms in total. The second-order valence-electron chi connectivity index (χ2n) is 3.94. The van der Waals surface area contributed by atoms with E-state index >= 15 is 0 Å². The van der Waals surface area contributed by atoms with Crippen molar-refractivity contribution in [2.24, 2.45) is 0 Å². The third-order valence-corrected chi connectivity index (χ3v) is 3.16. The zero-order valence-corrected chi connectivity index (χ0v) is 13.1. The van der Waals surface area contributed by atoms with Crippen molar-refractivity contribution < 1.29 is 42.2 Å². The Morgan fingerprint density at radius 3 is 1.61 bits per heavy atom. The van der Waals surface area contributed by atoms with Gasteiger partial charge in [-0.15, -0.1) is 0 Å². The standard InChI is InChI=1S/C12H14O9S.Li/c13-1-3-20-11(15)8-5-9(12(16)21-4-2-14)7-10(6-8)22(17,18)19;/h5-7,13-14H,1-4H2,(H,17,18,19);. The minimum atomic E-state index is -4.67. The van der Waals surface area contributed by atoms with Gasteiger partial charge in [0, 0.05) is 18.9 Å². The van der Waals surface area contributed by atoms with Crippen LogP contribution in [0.2, 0.25) is 0 Å². The zero-order chi connectivity index (χ0) is 16.8. The average molecular weight is 341 g/mol. The summed E-state index contributed by atoms with van der Waals surface area (Å²) < 4.78 is 40.6. The summed E-state index contributed by atoms with van der Waals surface area (Å²) in [6, 6.07) is 2.64. The number of aliphatic hydroxyl groups excluding tert-OH is 2.